The molecule has 0 bridgehead atoms. The summed E-state index contributed by atoms with van der Waals surface area (Å²) in [6.07, 6.45) is 7.83. The number of rotatable bonds is 4. The molecule has 156 valence electrons. The van der Waals surface area contributed by atoms with Gasteiger partial charge in [0.1, 0.15) is 17.8 Å². The SMILES string of the molecule is CNC1Cc2cc(Cl)ccc2-n2c(nnc2C2CCC(Oc3ccccn3)CC2)C1. The summed E-state index contributed by atoms with van der Waals surface area (Å²) in [5, 5.41) is 13.4. The highest BCUT2D eigenvalue weighted by atomic mass is 35.5. The third-order valence-electron chi connectivity index (χ3n) is 6.31. The highest BCUT2D eigenvalue weighted by Crippen LogP contribution is 2.36. The molecule has 3 heterocycles. The first-order valence-corrected chi connectivity index (χ1v) is 11.1. The average molecular weight is 424 g/mol. The Morgan fingerprint density at radius 1 is 1.07 bits per heavy atom. The van der Waals surface area contributed by atoms with E-state index in [4.69, 9.17) is 16.3 Å². The number of nitrogens with one attached hydrogen (secondary N) is 1. The van der Waals surface area contributed by atoms with Gasteiger partial charge in [0.15, 0.2) is 0 Å². The van der Waals surface area contributed by atoms with Crippen molar-refractivity contribution < 1.29 is 4.74 Å². The Kier molecular flexibility index (Phi) is 5.44. The third-order valence-corrected chi connectivity index (χ3v) is 6.54. The molecule has 1 fully saturated rings. The van der Waals surface area contributed by atoms with Gasteiger partial charge < -0.3 is 10.1 Å². The van der Waals surface area contributed by atoms with E-state index in [1.54, 1.807) is 6.20 Å². The summed E-state index contributed by atoms with van der Waals surface area (Å²) < 4.78 is 8.36. The molecule has 0 amide bonds. The minimum atomic E-state index is 0.211. The molecule has 0 spiro atoms. The molecular formula is C23H26ClN5O. The molecule has 1 N–H and O–H groups in total. The van der Waals surface area contributed by atoms with E-state index in [0.29, 0.717) is 17.8 Å². The van der Waals surface area contributed by atoms with Gasteiger partial charge in [-0.3, -0.25) is 4.57 Å². The Morgan fingerprint density at radius 2 is 1.93 bits per heavy atom. The first-order valence-electron chi connectivity index (χ1n) is 10.7. The van der Waals surface area contributed by atoms with Crippen molar-refractivity contribution in [3.05, 3.63) is 64.8 Å². The molecule has 7 heteroatoms. The zero-order valence-electron chi connectivity index (χ0n) is 17.1. The van der Waals surface area contributed by atoms with Crippen molar-refractivity contribution in [2.75, 3.05) is 7.05 Å². The van der Waals surface area contributed by atoms with Gasteiger partial charge in [-0.25, -0.2) is 4.98 Å². The molecule has 0 radical (unpaired) electrons. The van der Waals surface area contributed by atoms with Gasteiger partial charge in [-0.15, -0.1) is 10.2 Å². The standard InChI is InChI=1S/C23H26ClN5O/c1-25-18-13-16-12-17(24)7-10-20(16)29-21(14-18)27-28-23(29)15-5-8-19(9-6-15)30-22-4-2-3-11-26-22/h2-4,7,10-12,15,18-19,25H,5-6,8-9,13-14H2,1H3. The second-order valence-electron chi connectivity index (χ2n) is 8.24. The van der Waals surface area contributed by atoms with Crippen molar-refractivity contribution >= 4 is 11.6 Å². The zero-order chi connectivity index (χ0) is 20.5. The molecule has 1 aliphatic carbocycles. The summed E-state index contributed by atoms with van der Waals surface area (Å²) in [5.41, 5.74) is 2.41. The number of ether oxygens (including phenoxy) is 1. The Morgan fingerprint density at radius 3 is 2.70 bits per heavy atom. The van der Waals surface area contributed by atoms with Crippen LogP contribution in [0.5, 0.6) is 5.88 Å². The molecule has 2 aliphatic rings. The van der Waals surface area contributed by atoms with Gasteiger partial charge in [-0.2, -0.15) is 0 Å². The molecular weight excluding hydrogens is 398 g/mol. The predicted molar refractivity (Wildman–Crippen MR) is 116 cm³/mol. The van der Waals surface area contributed by atoms with Gasteiger partial charge >= 0.3 is 0 Å². The van der Waals surface area contributed by atoms with Gasteiger partial charge in [-0.1, -0.05) is 17.7 Å². The van der Waals surface area contributed by atoms with Crippen molar-refractivity contribution in [1.82, 2.24) is 25.1 Å². The first kappa shape index (κ1) is 19.5. The normalized spacial score (nSPS) is 23.3. The maximum absolute atomic E-state index is 6.31. The van der Waals surface area contributed by atoms with Crippen LogP contribution in [-0.2, 0) is 12.8 Å². The number of benzene rings is 1. The van der Waals surface area contributed by atoms with Crippen LogP contribution in [0.1, 0.15) is 48.8 Å². The number of hydrogen-bond acceptors (Lipinski definition) is 5. The number of fused-ring (bicyclic) bond motifs is 3. The number of halogens is 1. The minimum absolute atomic E-state index is 0.211. The number of pyridine rings is 1. The van der Waals surface area contributed by atoms with Crippen LogP contribution in [0.3, 0.4) is 0 Å². The van der Waals surface area contributed by atoms with Crippen LogP contribution in [0.2, 0.25) is 5.02 Å². The van der Waals surface area contributed by atoms with Crippen LogP contribution in [0.4, 0.5) is 0 Å². The molecule has 1 aromatic carbocycles. The Hall–Kier alpha value is -2.44. The average Bonchev–Trinajstić information content (AvgIpc) is 3.11. The van der Waals surface area contributed by atoms with Crippen LogP contribution in [0, 0.1) is 0 Å². The van der Waals surface area contributed by atoms with Crippen molar-refractivity contribution in [2.24, 2.45) is 0 Å². The fourth-order valence-electron chi connectivity index (χ4n) is 4.71. The van der Waals surface area contributed by atoms with Gasteiger partial charge in [0, 0.05) is 35.7 Å². The van der Waals surface area contributed by atoms with Crippen LogP contribution >= 0.6 is 11.6 Å². The maximum atomic E-state index is 6.31. The van der Waals surface area contributed by atoms with Crippen LogP contribution in [-0.4, -0.2) is 38.9 Å². The smallest absolute Gasteiger partial charge is 0.213 e. The maximum Gasteiger partial charge on any atom is 0.213 e. The van der Waals surface area contributed by atoms with E-state index in [9.17, 15) is 0 Å². The topological polar surface area (TPSA) is 64.9 Å². The van der Waals surface area contributed by atoms with Crippen molar-refractivity contribution in [3.8, 4) is 11.6 Å². The molecule has 1 unspecified atom stereocenters. The summed E-state index contributed by atoms with van der Waals surface area (Å²) in [6.45, 7) is 0. The first-order chi connectivity index (χ1) is 14.7. The van der Waals surface area contributed by atoms with E-state index >= 15 is 0 Å². The lowest BCUT2D eigenvalue weighted by molar-refractivity contribution is 0.139. The van der Waals surface area contributed by atoms with Crippen LogP contribution in [0.25, 0.3) is 5.69 Å². The highest BCUT2D eigenvalue weighted by Gasteiger charge is 2.31. The third kappa shape index (κ3) is 3.82. The fraction of sp³-hybridized carbons (Fsp3) is 0.435. The summed E-state index contributed by atoms with van der Waals surface area (Å²) in [6, 6.07) is 12.3. The molecule has 1 saturated carbocycles. The lowest BCUT2D eigenvalue weighted by Crippen LogP contribution is -2.29. The second kappa shape index (κ2) is 8.36. The summed E-state index contributed by atoms with van der Waals surface area (Å²) >= 11 is 6.31. The number of hydrogen-bond donors (Lipinski definition) is 1. The molecule has 30 heavy (non-hydrogen) atoms. The molecule has 5 rings (SSSR count). The van der Waals surface area contributed by atoms with Crippen molar-refractivity contribution in [3.63, 3.8) is 0 Å². The predicted octanol–water partition coefficient (Wildman–Crippen LogP) is 4.11. The van der Waals surface area contributed by atoms with E-state index in [2.05, 4.69) is 37.2 Å². The molecule has 3 aromatic rings. The zero-order valence-corrected chi connectivity index (χ0v) is 17.8. The van der Waals surface area contributed by atoms with E-state index < -0.39 is 0 Å². The molecule has 6 nitrogen and oxygen atoms in total. The van der Waals surface area contributed by atoms with Crippen molar-refractivity contribution in [1.29, 1.82) is 0 Å². The molecule has 1 atom stereocenters. The van der Waals surface area contributed by atoms with Crippen molar-refractivity contribution in [2.45, 2.75) is 56.6 Å². The van der Waals surface area contributed by atoms with Crippen LogP contribution in [0.15, 0.2) is 42.6 Å². The number of nitrogens with zero attached hydrogens (tertiary/aromatic N) is 4. The van der Waals surface area contributed by atoms with E-state index in [1.807, 2.05) is 31.3 Å². The Bertz CT molecular complexity index is 1010. The van der Waals surface area contributed by atoms with E-state index in [0.717, 1.165) is 55.2 Å². The van der Waals surface area contributed by atoms with Gasteiger partial charge in [0.05, 0.1) is 5.69 Å². The second-order valence-corrected chi connectivity index (χ2v) is 8.67. The lowest BCUT2D eigenvalue weighted by atomic mass is 9.86. The number of likely N-dealkylation sites (N-methyl/N-ethyl adjacent to an activating group) is 1. The largest absolute Gasteiger partial charge is 0.474 e. The highest BCUT2D eigenvalue weighted by molar-refractivity contribution is 6.30. The van der Waals surface area contributed by atoms with E-state index in [-0.39, 0.29) is 6.10 Å². The number of aromatic nitrogens is 4. The minimum Gasteiger partial charge on any atom is -0.474 e. The summed E-state index contributed by atoms with van der Waals surface area (Å²) in [7, 11) is 2.00. The molecule has 0 saturated heterocycles. The van der Waals surface area contributed by atoms with E-state index in [1.165, 1.54) is 11.3 Å². The summed E-state index contributed by atoms with van der Waals surface area (Å²) in [5.74, 6) is 3.18. The molecule has 1 aliphatic heterocycles. The quantitative estimate of drug-likeness (QED) is 0.684. The van der Waals surface area contributed by atoms with Gasteiger partial charge in [0.2, 0.25) is 5.88 Å². The fourth-order valence-corrected chi connectivity index (χ4v) is 4.91. The van der Waals surface area contributed by atoms with Gasteiger partial charge in [0.25, 0.3) is 0 Å². The monoisotopic (exact) mass is 423 g/mol. The lowest BCUT2D eigenvalue weighted by Gasteiger charge is -2.28. The Balaban J connectivity index is 1.39. The summed E-state index contributed by atoms with van der Waals surface area (Å²) in [4.78, 5) is 4.29. The van der Waals surface area contributed by atoms with Gasteiger partial charge in [-0.05, 0) is 69.0 Å². The Labute approximate surface area is 181 Å². The molecule has 2 aromatic heterocycles. The van der Waals surface area contributed by atoms with Crippen LogP contribution < -0.4 is 10.1 Å².